The SMILES string of the molecule is CC1=C(C(=O)Nc2nc(-c3cc4ccccc4o3)cs2)CC=N1. The molecule has 1 aliphatic heterocycles. The maximum absolute atomic E-state index is 12.2. The number of hydrogen-bond acceptors (Lipinski definition) is 5. The first-order valence-corrected chi connectivity index (χ1v) is 8.07. The van der Waals surface area contributed by atoms with Gasteiger partial charge in [-0.2, -0.15) is 0 Å². The number of aromatic nitrogens is 1. The number of amides is 1. The molecule has 3 aromatic rings. The highest BCUT2D eigenvalue weighted by atomic mass is 32.1. The lowest BCUT2D eigenvalue weighted by Gasteiger charge is -2.02. The summed E-state index contributed by atoms with van der Waals surface area (Å²) in [5.41, 5.74) is 2.99. The maximum atomic E-state index is 12.2. The summed E-state index contributed by atoms with van der Waals surface area (Å²) in [6.07, 6.45) is 2.31. The van der Waals surface area contributed by atoms with Crippen LogP contribution in [0.3, 0.4) is 0 Å². The van der Waals surface area contributed by atoms with E-state index in [1.807, 2.05) is 42.6 Å². The summed E-state index contributed by atoms with van der Waals surface area (Å²) in [6, 6.07) is 9.76. The van der Waals surface area contributed by atoms with Crippen molar-refractivity contribution in [3.63, 3.8) is 0 Å². The van der Waals surface area contributed by atoms with Gasteiger partial charge >= 0.3 is 0 Å². The van der Waals surface area contributed by atoms with Crippen LogP contribution in [-0.4, -0.2) is 17.1 Å². The number of benzene rings is 1. The number of fused-ring (bicyclic) bond motifs is 1. The van der Waals surface area contributed by atoms with E-state index in [1.54, 1.807) is 6.21 Å². The van der Waals surface area contributed by atoms with Gasteiger partial charge in [0.15, 0.2) is 10.9 Å². The molecule has 0 aliphatic carbocycles. The zero-order valence-corrected chi connectivity index (χ0v) is 13.2. The van der Waals surface area contributed by atoms with Crippen LogP contribution in [0.1, 0.15) is 13.3 Å². The molecule has 1 aliphatic rings. The van der Waals surface area contributed by atoms with Crippen molar-refractivity contribution in [3.05, 3.63) is 47.0 Å². The van der Waals surface area contributed by atoms with E-state index in [0.717, 1.165) is 22.4 Å². The van der Waals surface area contributed by atoms with Crippen molar-refractivity contribution in [2.45, 2.75) is 13.3 Å². The van der Waals surface area contributed by atoms with Gasteiger partial charge in [0, 0.05) is 34.7 Å². The van der Waals surface area contributed by atoms with Crippen LogP contribution in [-0.2, 0) is 4.79 Å². The van der Waals surface area contributed by atoms with Gasteiger partial charge in [0.05, 0.1) is 0 Å². The Bertz CT molecular complexity index is 932. The third-order valence-electron chi connectivity index (χ3n) is 3.69. The first kappa shape index (κ1) is 13.9. The van der Waals surface area contributed by atoms with Crippen molar-refractivity contribution in [2.75, 3.05) is 5.32 Å². The third kappa shape index (κ3) is 2.57. The number of rotatable bonds is 3. The number of carbonyl (C=O) groups excluding carboxylic acids is 1. The lowest BCUT2D eigenvalue weighted by Crippen LogP contribution is -2.14. The Kier molecular flexibility index (Phi) is 3.31. The van der Waals surface area contributed by atoms with Crippen LogP contribution in [0.15, 0.2) is 56.4 Å². The van der Waals surface area contributed by atoms with E-state index < -0.39 is 0 Å². The average Bonchev–Trinajstić information content (AvgIpc) is 3.25. The summed E-state index contributed by atoms with van der Waals surface area (Å²) in [5.74, 6) is 0.549. The van der Waals surface area contributed by atoms with E-state index in [0.29, 0.717) is 22.9 Å². The smallest absolute Gasteiger partial charge is 0.255 e. The predicted molar refractivity (Wildman–Crippen MR) is 91.8 cm³/mol. The molecule has 4 rings (SSSR count). The largest absolute Gasteiger partial charge is 0.454 e. The molecule has 0 bridgehead atoms. The normalized spacial score (nSPS) is 14.0. The molecule has 6 heteroatoms. The summed E-state index contributed by atoms with van der Waals surface area (Å²) in [6.45, 7) is 1.83. The predicted octanol–water partition coefficient (Wildman–Crippen LogP) is 4.24. The quantitative estimate of drug-likeness (QED) is 0.783. The van der Waals surface area contributed by atoms with Crippen molar-refractivity contribution in [1.29, 1.82) is 0 Å². The molecule has 0 fully saturated rings. The van der Waals surface area contributed by atoms with E-state index in [9.17, 15) is 4.79 Å². The minimum Gasteiger partial charge on any atom is -0.454 e. The Hall–Kier alpha value is -2.73. The van der Waals surface area contributed by atoms with Crippen LogP contribution in [0.5, 0.6) is 0 Å². The van der Waals surface area contributed by atoms with Crippen LogP contribution in [0.25, 0.3) is 22.4 Å². The summed E-state index contributed by atoms with van der Waals surface area (Å²) in [4.78, 5) is 20.8. The van der Waals surface area contributed by atoms with E-state index in [-0.39, 0.29) is 5.91 Å². The Morgan fingerprint density at radius 3 is 3.00 bits per heavy atom. The molecule has 0 saturated heterocycles. The number of nitrogens with one attached hydrogen (secondary N) is 1. The van der Waals surface area contributed by atoms with Gasteiger partial charge < -0.3 is 4.42 Å². The summed E-state index contributed by atoms with van der Waals surface area (Å²) in [7, 11) is 0. The van der Waals surface area contributed by atoms with Gasteiger partial charge in [0.25, 0.3) is 5.91 Å². The van der Waals surface area contributed by atoms with Crippen molar-refractivity contribution in [3.8, 4) is 11.5 Å². The molecule has 0 spiro atoms. The van der Waals surface area contributed by atoms with Crippen molar-refractivity contribution >= 4 is 39.6 Å². The van der Waals surface area contributed by atoms with Gasteiger partial charge in [-0.1, -0.05) is 18.2 Å². The molecule has 3 heterocycles. The van der Waals surface area contributed by atoms with Crippen LogP contribution >= 0.6 is 11.3 Å². The Balaban J connectivity index is 1.57. The number of furan rings is 1. The molecule has 1 amide bonds. The fourth-order valence-corrected chi connectivity index (χ4v) is 3.18. The molecular formula is C17H13N3O2S. The highest BCUT2D eigenvalue weighted by Crippen LogP contribution is 2.30. The lowest BCUT2D eigenvalue weighted by atomic mass is 10.2. The van der Waals surface area contributed by atoms with Gasteiger partial charge in [0.1, 0.15) is 11.3 Å². The highest BCUT2D eigenvalue weighted by Gasteiger charge is 2.17. The number of carbonyl (C=O) groups is 1. The number of anilines is 1. The molecule has 0 radical (unpaired) electrons. The topological polar surface area (TPSA) is 67.5 Å². The maximum Gasteiger partial charge on any atom is 0.255 e. The van der Waals surface area contributed by atoms with Crippen molar-refractivity contribution in [2.24, 2.45) is 4.99 Å². The number of allylic oxidation sites excluding steroid dienone is 1. The van der Waals surface area contributed by atoms with Crippen LogP contribution < -0.4 is 5.32 Å². The van der Waals surface area contributed by atoms with E-state index in [4.69, 9.17) is 4.42 Å². The summed E-state index contributed by atoms with van der Waals surface area (Å²) in [5, 5.41) is 6.29. The van der Waals surface area contributed by atoms with Crippen LogP contribution in [0, 0.1) is 0 Å². The Morgan fingerprint density at radius 1 is 1.35 bits per heavy atom. The van der Waals surface area contributed by atoms with Gasteiger partial charge in [-0.15, -0.1) is 11.3 Å². The summed E-state index contributed by atoms with van der Waals surface area (Å²) >= 11 is 1.38. The number of thiazole rings is 1. The molecule has 2 aromatic heterocycles. The second-order valence-electron chi connectivity index (χ2n) is 5.22. The zero-order chi connectivity index (χ0) is 15.8. The highest BCUT2D eigenvalue weighted by molar-refractivity contribution is 7.14. The van der Waals surface area contributed by atoms with Crippen molar-refractivity contribution in [1.82, 2.24) is 4.98 Å². The minimum absolute atomic E-state index is 0.148. The first-order chi connectivity index (χ1) is 11.2. The molecule has 114 valence electrons. The van der Waals surface area contributed by atoms with Gasteiger partial charge in [0.2, 0.25) is 0 Å². The van der Waals surface area contributed by atoms with Crippen LogP contribution in [0.4, 0.5) is 5.13 Å². The summed E-state index contributed by atoms with van der Waals surface area (Å²) < 4.78 is 5.79. The number of nitrogens with zero attached hydrogens (tertiary/aromatic N) is 2. The fourth-order valence-electron chi connectivity index (χ4n) is 2.48. The molecule has 0 saturated carbocycles. The molecular weight excluding hydrogens is 310 g/mol. The number of hydrogen-bond donors (Lipinski definition) is 1. The third-order valence-corrected chi connectivity index (χ3v) is 4.45. The molecule has 0 atom stereocenters. The number of aliphatic imine (C=N–C) groups is 1. The lowest BCUT2D eigenvalue weighted by molar-refractivity contribution is -0.112. The van der Waals surface area contributed by atoms with Gasteiger partial charge in [-0.05, 0) is 19.1 Å². The van der Waals surface area contributed by atoms with E-state index in [2.05, 4.69) is 15.3 Å². The monoisotopic (exact) mass is 323 g/mol. The second-order valence-corrected chi connectivity index (χ2v) is 6.08. The van der Waals surface area contributed by atoms with E-state index >= 15 is 0 Å². The van der Waals surface area contributed by atoms with Gasteiger partial charge in [-0.25, -0.2) is 4.98 Å². The molecule has 23 heavy (non-hydrogen) atoms. The fraction of sp³-hybridized carbons (Fsp3) is 0.118. The number of para-hydroxylation sites is 1. The Labute approximate surface area is 136 Å². The zero-order valence-electron chi connectivity index (χ0n) is 12.4. The minimum atomic E-state index is -0.148. The Morgan fingerprint density at radius 2 is 2.22 bits per heavy atom. The molecule has 1 N–H and O–H groups in total. The molecule has 0 unspecified atom stereocenters. The standard InChI is InChI=1S/C17H13N3O2S/c1-10-12(6-7-18-10)16(21)20-17-19-13(9-23-17)15-8-11-4-2-3-5-14(11)22-15/h2-5,7-9H,6H2,1H3,(H,19,20,21). The van der Waals surface area contributed by atoms with E-state index in [1.165, 1.54) is 11.3 Å². The molecule has 5 nitrogen and oxygen atoms in total. The van der Waals surface area contributed by atoms with Crippen LogP contribution in [0.2, 0.25) is 0 Å². The molecule has 1 aromatic carbocycles. The van der Waals surface area contributed by atoms with Gasteiger partial charge in [-0.3, -0.25) is 15.1 Å². The average molecular weight is 323 g/mol. The second kappa shape index (κ2) is 5.48. The first-order valence-electron chi connectivity index (χ1n) is 7.19. The van der Waals surface area contributed by atoms with Crippen molar-refractivity contribution < 1.29 is 9.21 Å².